The number of ether oxygens (including phenoxy) is 2. The number of esters is 1. The van der Waals surface area contributed by atoms with Crippen molar-refractivity contribution in [2.24, 2.45) is 0 Å². The molecular formula is C11H10BrFO3. The van der Waals surface area contributed by atoms with Crippen molar-refractivity contribution in [2.45, 2.75) is 0 Å². The van der Waals surface area contributed by atoms with Gasteiger partial charge in [-0.15, -0.1) is 0 Å². The van der Waals surface area contributed by atoms with Crippen LogP contribution in [0, 0.1) is 5.82 Å². The summed E-state index contributed by atoms with van der Waals surface area (Å²) < 4.78 is 23.7. The number of hydrogen-bond acceptors (Lipinski definition) is 3. The van der Waals surface area contributed by atoms with Crippen LogP contribution < -0.4 is 4.74 Å². The number of carbonyl (C=O) groups is 1. The van der Waals surface area contributed by atoms with Gasteiger partial charge >= 0.3 is 5.97 Å². The lowest BCUT2D eigenvalue weighted by atomic mass is 10.2. The van der Waals surface area contributed by atoms with Crippen LogP contribution in [-0.4, -0.2) is 19.7 Å². The van der Waals surface area contributed by atoms with Gasteiger partial charge in [0, 0.05) is 4.47 Å². The summed E-state index contributed by atoms with van der Waals surface area (Å²) in [6, 6.07) is 2.67. The first-order chi connectivity index (χ1) is 7.60. The monoisotopic (exact) mass is 288 g/mol. The maximum atomic E-state index is 13.5. The minimum Gasteiger partial charge on any atom is -0.488 e. The molecule has 0 heterocycles. The van der Waals surface area contributed by atoms with E-state index in [0.29, 0.717) is 4.47 Å². The Balaban J connectivity index is 3.20. The van der Waals surface area contributed by atoms with Crippen LogP contribution in [0.4, 0.5) is 4.39 Å². The molecule has 0 aliphatic rings. The maximum Gasteiger partial charge on any atom is 0.344 e. The normalized spacial score (nSPS) is 9.69. The van der Waals surface area contributed by atoms with E-state index in [1.165, 1.54) is 25.3 Å². The zero-order valence-electron chi connectivity index (χ0n) is 8.63. The second kappa shape index (κ2) is 5.65. The second-order valence-corrected chi connectivity index (χ2v) is 3.77. The lowest BCUT2D eigenvalue weighted by molar-refractivity contribution is 0.0591. The van der Waals surface area contributed by atoms with Gasteiger partial charge in [0.15, 0.2) is 0 Å². The largest absolute Gasteiger partial charge is 0.488 e. The fourth-order valence-corrected chi connectivity index (χ4v) is 1.52. The zero-order valence-corrected chi connectivity index (χ0v) is 10.2. The molecule has 16 heavy (non-hydrogen) atoms. The van der Waals surface area contributed by atoms with Gasteiger partial charge in [0.25, 0.3) is 0 Å². The highest BCUT2D eigenvalue weighted by Gasteiger charge is 2.19. The Labute approximate surface area is 101 Å². The minimum atomic E-state index is -0.774. The Morgan fingerprint density at radius 1 is 1.62 bits per heavy atom. The van der Waals surface area contributed by atoms with Crippen LogP contribution >= 0.6 is 15.9 Å². The molecule has 0 atom stereocenters. The Morgan fingerprint density at radius 2 is 2.31 bits per heavy atom. The first kappa shape index (κ1) is 12.7. The molecule has 0 saturated carbocycles. The topological polar surface area (TPSA) is 35.5 Å². The second-order valence-electron chi connectivity index (χ2n) is 2.85. The van der Waals surface area contributed by atoms with E-state index in [4.69, 9.17) is 4.74 Å². The Kier molecular flexibility index (Phi) is 4.49. The first-order valence-electron chi connectivity index (χ1n) is 4.41. The Morgan fingerprint density at radius 3 is 2.88 bits per heavy atom. The average Bonchev–Trinajstić information content (AvgIpc) is 2.24. The standard InChI is InChI=1S/C11H10BrFO3/c1-3-4-16-9-6-7(12)5-8(13)10(9)11(14)15-2/h3,5-6H,1,4H2,2H3. The Bertz CT molecular complexity index is 418. The van der Waals surface area contributed by atoms with Crippen LogP contribution in [0.3, 0.4) is 0 Å². The lowest BCUT2D eigenvalue weighted by Gasteiger charge is -2.10. The van der Waals surface area contributed by atoms with Crippen molar-refractivity contribution in [3.05, 3.63) is 40.6 Å². The van der Waals surface area contributed by atoms with Crippen molar-refractivity contribution in [2.75, 3.05) is 13.7 Å². The van der Waals surface area contributed by atoms with Crippen molar-refractivity contribution >= 4 is 21.9 Å². The van der Waals surface area contributed by atoms with E-state index < -0.39 is 11.8 Å². The quantitative estimate of drug-likeness (QED) is 0.631. The van der Waals surface area contributed by atoms with Crippen LogP contribution in [0.25, 0.3) is 0 Å². The highest BCUT2D eigenvalue weighted by molar-refractivity contribution is 9.10. The van der Waals surface area contributed by atoms with Gasteiger partial charge in [0.05, 0.1) is 7.11 Å². The highest BCUT2D eigenvalue weighted by atomic mass is 79.9. The van der Waals surface area contributed by atoms with E-state index in [1.807, 2.05) is 0 Å². The van der Waals surface area contributed by atoms with Crippen molar-refractivity contribution in [3.8, 4) is 5.75 Å². The predicted molar refractivity (Wildman–Crippen MR) is 61.1 cm³/mol. The van der Waals surface area contributed by atoms with Gasteiger partial charge in [-0.3, -0.25) is 0 Å². The molecule has 0 unspecified atom stereocenters. The third kappa shape index (κ3) is 2.82. The fraction of sp³-hybridized carbons (Fsp3) is 0.182. The lowest BCUT2D eigenvalue weighted by Crippen LogP contribution is -2.08. The van der Waals surface area contributed by atoms with E-state index in [-0.39, 0.29) is 17.9 Å². The summed E-state index contributed by atoms with van der Waals surface area (Å²) in [6.07, 6.45) is 1.50. The molecule has 1 aromatic carbocycles. The molecule has 0 aromatic heterocycles. The molecular weight excluding hydrogens is 279 g/mol. The van der Waals surface area contributed by atoms with E-state index in [0.717, 1.165) is 0 Å². The van der Waals surface area contributed by atoms with Crippen LogP contribution in [-0.2, 0) is 4.74 Å². The SMILES string of the molecule is C=CCOc1cc(Br)cc(F)c1C(=O)OC. The third-order valence-corrected chi connectivity index (χ3v) is 2.22. The van der Waals surface area contributed by atoms with Gasteiger partial charge in [0.1, 0.15) is 23.7 Å². The molecule has 3 nitrogen and oxygen atoms in total. The highest BCUT2D eigenvalue weighted by Crippen LogP contribution is 2.27. The van der Waals surface area contributed by atoms with Gasteiger partial charge in [-0.2, -0.15) is 0 Å². The number of rotatable bonds is 4. The molecule has 0 aliphatic heterocycles. The van der Waals surface area contributed by atoms with Gasteiger partial charge in [0.2, 0.25) is 0 Å². The minimum absolute atomic E-state index is 0.124. The molecule has 0 aliphatic carbocycles. The van der Waals surface area contributed by atoms with Crippen LogP contribution in [0.1, 0.15) is 10.4 Å². The molecule has 0 bridgehead atoms. The third-order valence-electron chi connectivity index (χ3n) is 1.77. The van der Waals surface area contributed by atoms with Gasteiger partial charge in [-0.05, 0) is 12.1 Å². The van der Waals surface area contributed by atoms with Gasteiger partial charge in [-0.1, -0.05) is 28.6 Å². The first-order valence-corrected chi connectivity index (χ1v) is 5.20. The van der Waals surface area contributed by atoms with E-state index in [1.54, 1.807) is 0 Å². The van der Waals surface area contributed by atoms with Crippen LogP contribution in [0.5, 0.6) is 5.75 Å². The molecule has 1 rings (SSSR count). The number of benzene rings is 1. The number of hydrogen-bond donors (Lipinski definition) is 0. The summed E-state index contributed by atoms with van der Waals surface area (Å²) in [7, 11) is 1.18. The summed E-state index contributed by atoms with van der Waals surface area (Å²) in [5.74, 6) is -1.34. The summed E-state index contributed by atoms with van der Waals surface area (Å²) in [5.41, 5.74) is -0.215. The van der Waals surface area contributed by atoms with Crippen molar-refractivity contribution in [1.29, 1.82) is 0 Å². The summed E-state index contributed by atoms with van der Waals surface area (Å²) in [6.45, 7) is 3.65. The van der Waals surface area contributed by atoms with Crippen LogP contribution in [0.15, 0.2) is 29.3 Å². The smallest absolute Gasteiger partial charge is 0.344 e. The molecule has 0 spiro atoms. The molecule has 0 fully saturated rings. The van der Waals surface area contributed by atoms with Gasteiger partial charge in [-0.25, -0.2) is 9.18 Å². The molecule has 0 N–H and O–H groups in total. The molecule has 0 radical (unpaired) electrons. The summed E-state index contributed by atoms with van der Waals surface area (Å²) in [4.78, 5) is 11.3. The van der Waals surface area contributed by atoms with Crippen molar-refractivity contribution in [1.82, 2.24) is 0 Å². The Hall–Kier alpha value is -1.36. The van der Waals surface area contributed by atoms with Gasteiger partial charge < -0.3 is 9.47 Å². The van der Waals surface area contributed by atoms with Crippen LogP contribution in [0.2, 0.25) is 0 Å². The van der Waals surface area contributed by atoms with E-state index >= 15 is 0 Å². The molecule has 5 heteroatoms. The molecule has 1 aromatic rings. The number of methoxy groups -OCH3 is 1. The summed E-state index contributed by atoms with van der Waals surface area (Å²) >= 11 is 3.11. The zero-order chi connectivity index (χ0) is 12.1. The number of carbonyl (C=O) groups excluding carboxylic acids is 1. The summed E-state index contributed by atoms with van der Waals surface area (Å²) in [5, 5.41) is 0. The predicted octanol–water partition coefficient (Wildman–Crippen LogP) is 2.94. The molecule has 86 valence electrons. The average molecular weight is 289 g/mol. The maximum absolute atomic E-state index is 13.5. The molecule has 0 saturated heterocycles. The number of halogens is 2. The van der Waals surface area contributed by atoms with E-state index in [2.05, 4.69) is 27.2 Å². The van der Waals surface area contributed by atoms with Crippen molar-refractivity contribution < 1.29 is 18.7 Å². The van der Waals surface area contributed by atoms with E-state index in [9.17, 15) is 9.18 Å². The van der Waals surface area contributed by atoms with Crippen molar-refractivity contribution in [3.63, 3.8) is 0 Å². The molecule has 0 amide bonds. The fourth-order valence-electron chi connectivity index (χ4n) is 1.11.